The molecule has 0 radical (unpaired) electrons. The van der Waals surface area contributed by atoms with Gasteiger partial charge in [0.15, 0.2) is 0 Å². The van der Waals surface area contributed by atoms with Crippen LogP contribution in [-0.4, -0.2) is 16.8 Å². The molecule has 0 bridgehead atoms. The van der Waals surface area contributed by atoms with E-state index >= 15 is 0 Å². The largest absolute Gasteiger partial charge is 0.322 e. The summed E-state index contributed by atoms with van der Waals surface area (Å²) in [5.41, 5.74) is 2.66. The maximum atomic E-state index is 13.2. The third kappa shape index (κ3) is 4.33. The number of thiophene rings is 1. The molecule has 2 aromatic heterocycles. The number of nitrogens with zero attached hydrogens (tertiary/aromatic N) is 1. The van der Waals surface area contributed by atoms with E-state index in [9.17, 15) is 9.59 Å². The minimum Gasteiger partial charge on any atom is -0.322 e. The van der Waals surface area contributed by atoms with Crippen LogP contribution in [0.4, 0.5) is 10.7 Å². The summed E-state index contributed by atoms with van der Waals surface area (Å²) in [6.07, 6.45) is 5.90. The van der Waals surface area contributed by atoms with Gasteiger partial charge in [-0.2, -0.15) is 0 Å². The van der Waals surface area contributed by atoms with E-state index < -0.39 is 0 Å². The number of anilines is 2. The van der Waals surface area contributed by atoms with Gasteiger partial charge in [0, 0.05) is 28.0 Å². The van der Waals surface area contributed by atoms with Gasteiger partial charge in [-0.3, -0.25) is 14.6 Å². The summed E-state index contributed by atoms with van der Waals surface area (Å²) in [5, 5.41) is 6.98. The van der Waals surface area contributed by atoms with Gasteiger partial charge in [-0.05, 0) is 61.1 Å². The van der Waals surface area contributed by atoms with Crippen molar-refractivity contribution >= 4 is 45.4 Å². The Morgan fingerprint density at radius 3 is 2.79 bits per heavy atom. The van der Waals surface area contributed by atoms with Crippen molar-refractivity contribution in [3.63, 3.8) is 0 Å². The fraction of sp³-hybridized carbons (Fsp3) is 0.227. The zero-order valence-electron chi connectivity index (χ0n) is 15.9. The van der Waals surface area contributed by atoms with Crippen molar-refractivity contribution in [1.82, 2.24) is 4.98 Å². The van der Waals surface area contributed by atoms with Gasteiger partial charge in [0.1, 0.15) is 5.00 Å². The molecule has 148 valence electrons. The SMILES string of the molecule is C[C@@H]1CCc2c(sc(NC(=O)c3cccnc3)c2C(=O)Nc2cccc(Cl)c2)C1. The number of halogens is 1. The van der Waals surface area contributed by atoms with E-state index in [-0.39, 0.29) is 11.8 Å². The molecule has 0 fully saturated rings. The first-order chi connectivity index (χ1) is 14.0. The van der Waals surface area contributed by atoms with E-state index in [1.807, 2.05) is 0 Å². The van der Waals surface area contributed by atoms with Crippen LogP contribution in [0.2, 0.25) is 5.02 Å². The fourth-order valence-electron chi connectivity index (χ4n) is 3.51. The number of amides is 2. The molecule has 0 saturated heterocycles. The van der Waals surface area contributed by atoms with Gasteiger partial charge < -0.3 is 10.6 Å². The second-order valence-corrected chi connectivity index (χ2v) is 8.76. The molecule has 29 heavy (non-hydrogen) atoms. The Bertz CT molecular complexity index is 1070. The number of carbonyl (C=O) groups excluding carboxylic acids is 2. The number of carbonyl (C=O) groups is 2. The lowest BCUT2D eigenvalue weighted by Gasteiger charge is -2.18. The first kappa shape index (κ1) is 19.6. The molecule has 1 aliphatic rings. The molecule has 7 heteroatoms. The van der Waals surface area contributed by atoms with Crippen molar-refractivity contribution in [3.05, 3.63) is 75.4 Å². The average Bonchev–Trinajstić information content (AvgIpc) is 3.05. The number of benzene rings is 1. The van der Waals surface area contributed by atoms with Gasteiger partial charge in [0.25, 0.3) is 11.8 Å². The smallest absolute Gasteiger partial charge is 0.258 e. The Hall–Kier alpha value is -2.70. The van der Waals surface area contributed by atoms with Gasteiger partial charge in [-0.15, -0.1) is 11.3 Å². The van der Waals surface area contributed by atoms with Crippen LogP contribution >= 0.6 is 22.9 Å². The predicted octanol–water partition coefficient (Wildman–Crippen LogP) is 5.43. The highest BCUT2D eigenvalue weighted by Gasteiger charge is 2.28. The van der Waals surface area contributed by atoms with Crippen LogP contribution in [0.25, 0.3) is 0 Å². The minimum absolute atomic E-state index is 0.235. The van der Waals surface area contributed by atoms with E-state index in [0.29, 0.717) is 32.8 Å². The van der Waals surface area contributed by atoms with Crippen molar-refractivity contribution in [3.8, 4) is 0 Å². The summed E-state index contributed by atoms with van der Waals surface area (Å²) in [6, 6.07) is 10.4. The normalized spacial score (nSPS) is 15.4. The average molecular weight is 426 g/mol. The number of rotatable bonds is 4. The summed E-state index contributed by atoms with van der Waals surface area (Å²) in [6.45, 7) is 2.21. The molecule has 5 nitrogen and oxygen atoms in total. The number of aromatic nitrogens is 1. The topological polar surface area (TPSA) is 71.1 Å². The predicted molar refractivity (Wildman–Crippen MR) is 117 cm³/mol. The maximum absolute atomic E-state index is 13.2. The molecule has 2 N–H and O–H groups in total. The fourth-order valence-corrected chi connectivity index (χ4v) is 5.10. The summed E-state index contributed by atoms with van der Waals surface area (Å²) in [4.78, 5) is 31.0. The quantitative estimate of drug-likeness (QED) is 0.585. The molecule has 3 aromatic rings. The molecule has 0 spiro atoms. The van der Waals surface area contributed by atoms with Gasteiger partial charge >= 0.3 is 0 Å². The van der Waals surface area contributed by atoms with E-state index in [0.717, 1.165) is 24.8 Å². The van der Waals surface area contributed by atoms with Crippen molar-refractivity contribution in [2.45, 2.75) is 26.2 Å². The molecule has 2 heterocycles. The Labute approximate surface area is 178 Å². The van der Waals surface area contributed by atoms with E-state index in [1.54, 1.807) is 42.6 Å². The second kappa shape index (κ2) is 8.35. The minimum atomic E-state index is -0.276. The Morgan fingerprint density at radius 1 is 1.17 bits per heavy atom. The summed E-state index contributed by atoms with van der Waals surface area (Å²) in [7, 11) is 0. The molecule has 0 saturated carbocycles. The number of pyridine rings is 1. The first-order valence-corrected chi connectivity index (χ1v) is 10.6. The van der Waals surface area contributed by atoms with Gasteiger partial charge in [0.05, 0.1) is 11.1 Å². The Kier molecular flexibility index (Phi) is 5.65. The van der Waals surface area contributed by atoms with Crippen LogP contribution in [0.5, 0.6) is 0 Å². The van der Waals surface area contributed by atoms with Crippen molar-refractivity contribution < 1.29 is 9.59 Å². The Balaban J connectivity index is 1.67. The van der Waals surface area contributed by atoms with Crippen LogP contribution in [0.1, 0.15) is 44.5 Å². The van der Waals surface area contributed by atoms with E-state index in [4.69, 9.17) is 11.6 Å². The molecular formula is C22H20ClN3O2S. The van der Waals surface area contributed by atoms with Crippen molar-refractivity contribution in [1.29, 1.82) is 0 Å². The number of fused-ring (bicyclic) bond motifs is 1. The highest BCUT2D eigenvalue weighted by Crippen LogP contribution is 2.40. The van der Waals surface area contributed by atoms with Crippen LogP contribution < -0.4 is 10.6 Å². The molecule has 4 rings (SSSR count). The zero-order chi connectivity index (χ0) is 20.4. The third-order valence-corrected chi connectivity index (χ3v) is 6.38. The number of hydrogen-bond donors (Lipinski definition) is 2. The molecule has 1 aliphatic carbocycles. The maximum Gasteiger partial charge on any atom is 0.258 e. The Morgan fingerprint density at radius 2 is 2.03 bits per heavy atom. The number of nitrogens with one attached hydrogen (secondary N) is 2. The molecule has 1 aromatic carbocycles. The molecule has 2 amide bonds. The molecular weight excluding hydrogens is 406 g/mol. The van der Waals surface area contributed by atoms with Crippen LogP contribution in [0, 0.1) is 5.92 Å². The van der Waals surface area contributed by atoms with Crippen LogP contribution in [0.3, 0.4) is 0 Å². The highest BCUT2D eigenvalue weighted by molar-refractivity contribution is 7.17. The van der Waals surface area contributed by atoms with Gasteiger partial charge in [-0.25, -0.2) is 0 Å². The molecule has 0 unspecified atom stereocenters. The lowest BCUT2D eigenvalue weighted by Crippen LogP contribution is -2.19. The third-order valence-electron chi connectivity index (χ3n) is 4.97. The monoisotopic (exact) mass is 425 g/mol. The first-order valence-electron chi connectivity index (χ1n) is 9.44. The lowest BCUT2D eigenvalue weighted by atomic mass is 9.88. The highest BCUT2D eigenvalue weighted by atomic mass is 35.5. The standard InChI is InChI=1S/C22H20ClN3O2S/c1-13-7-8-17-18(10-13)29-22(26-20(27)14-4-3-9-24-12-14)19(17)21(28)25-16-6-2-5-15(23)11-16/h2-6,9,11-13H,7-8,10H2,1H3,(H,25,28)(H,26,27)/t13-/m1/s1. The van der Waals surface area contributed by atoms with Crippen molar-refractivity contribution in [2.24, 2.45) is 5.92 Å². The van der Waals surface area contributed by atoms with Gasteiger partial charge in [0.2, 0.25) is 0 Å². The van der Waals surface area contributed by atoms with Crippen LogP contribution in [-0.2, 0) is 12.8 Å². The second-order valence-electron chi connectivity index (χ2n) is 7.22. The summed E-state index contributed by atoms with van der Waals surface area (Å²) < 4.78 is 0. The summed E-state index contributed by atoms with van der Waals surface area (Å²) in [5.74, 6) is 0.0502. The van der Waals surface area contributed by atoms with E-state index in [2.05, 4.69) is 22.5 Å². The lowest BCUT2D eigenvalue weighted by molar-refractivity contribution is 0.102. The van der Waals surface area contributed by atoms with Crippen molar-refractivity contribution in [2.75, 3.05) is 10.6 Å². The molecule has 0 aliphatic heterocycles. The van der Waals surface area contributed by atoms with Gasteiger partial charge in [-0.1, -0.05) is 24.6 Å². The van der Waals surface area contributed by atoms with E-state index in [1.165, 1.54) is 22.4 Å². The summed E-state index contributed by atoms with van der Waals surface area (Å²) >= 11 is 7.53. The molecule has 1 atom stereocenters. The zero-order valence-corrected chi connectivity index (χ0v) is 17.4. The number of hydrogen-bond acceptors (Lipinski definition) is 4. The van der Waals surface area contributed by atoms with Crippen LogP contribution in [0.15, 0.2) is 48.8 Å².